The van der Waals surface area contributed by atoms with Gasteiger partial charge >= 0.3 is 0 Å². The second-order valence-corrected chi connectivity index (χ2v) is 9.06. The van der Waals surface area contributed by atoms with Gasteiger partial charge in [-0.25, -0.2) is 13.4 Å². The summed E-state index contributed by atoms with van der Waals surface area (Å²) in [6.07, 6.45) is 0. The van der Waals surface area contributed by atoms with Crippen LogP contribution in [0.1, 0.15) is 5.69 Å². The second-order valence-electron chi connectivity index (χ2n) is 6.58. The minimum atomic E-state index is -3.84. The number of carbonyl (C=O) groups is 1. The van der Waals surface area contributed by atoms with Crippen molar-refractivity contribution in [3.8, 4) is 11.4 Å². The molecule has 0 unspecified atom stereocenters. The van der Waals surface area contributed by atoms with Crippen LogP contribution in [0.4, 0.5) is 5.69 Å². The van der Waals surface area contributed by atoms with E-state index in [9.17, 15) is 18.0 Å². The second kappa shape index (κ2) is 8.78. The summed E-state index contributed by atoms with van der Waals surface area (Å²) in [7, 11) is -2.52. The molecule has 30 heavy (non-hydrogen) atoms. The third kappa shape index (κ3) is 5.12. The molecule has 0 saturated heterocycles. The fourth-order valence-corrected chi connectivity index (χ4v) is 3.99. The van der Waals surface area contributed by atoms with Gasteiger partial charge in [0.25, 0.3) is 5.56 Å². The number of anilines is 1. The van der Waals surface area contributed by atoms with Crippen molar-refractivity contribution in [2.45, 2.75) is 11.8 Å². The average Bonchev–Trinajstić information content (AvgIpc) is 2.67. The van der Waals surface area contributed by atoms with Gasteiger partial charge in [-0.1, -0.05) is 23.7 Å². The van der Waals surface area contributed by atoms with Gasteiger partial charge in [0.2, 0.25) is 15.9 Å². The monoisotopic (exact) mass is 446 g/mol. The van der Waals surface area contributed by atoms with Crippen LogP contribution in [-0.4, -0.2) is 42.2 Å². The number of nitrogens with zero attached hydrogens (tertiary/aromatic N) is 2. The first kappa shape index (κ1) is 21.7. The Kier molecular flexibility index (Phi) is 6.35. The van der Waals surface area contributed by atoms with Crippen molar-refractivity contribution in [1.29, 1.82) is 0 Å². The number of carbonyl (C=O) groups excluding carboxylic acids is 1. The molecule has 0 spiro atoms. The van der Waals surface area contributed by atoms with Gasteiger partial charge in [0.1, 0.15) is 5.82 Å². The number of nitrogens with one attached hydrogen (secondary N) is 2. The van der Waals surface area contributed by atoms with Crippen molar-refractivity contribution in [3.63, 3.8) is 0 Å². The minimum absolute atomic E-state index is 0.0404. The van der Waals surface area contributed by atoms with Crippen molar-refractivity contribution in [1.82, 2.24) is 14.3 Å². The molecule has 0 saturated carbocycles. The fourth-order valence-electron chi connectivity index (χ4n) is 2.73. The zero-order valence-corrected chi connectivity index (χ0v) is 17.8. The molecule has 0 radical (unpaired) electrons. The smallest absolute Gasteiger partial charge is 0.251 e. The van der Waals surface area contributed by atoms with Crippen LogP contribution in [0, 0.1) is 6.92 Å². The van der Waals surface area contributed by atoms with E-state index in [0.717, 1.165) is 4.31 Å². The molecule has 2 N–H and O–H groups in total. The predicted octanol–water partition coefficient (Wildman–Crippen LogP) is 2.66. The highest BCUT2D eigenvalue weighted by Gasteiger charge is 2.23. The number of benzene rings is 2. The van der Waals surface area contributed by atoms with Crippen molar-refractivity contribution < 1.29 is 13.2 Å². The van der Waals surface area contributed by atoms with Gasteiger partial charge in [0.15, 0.2) is 0 Å². The van der Waals surface area contributed by atoms with Crippen molar-refractivity contribution in [3.05, 3.63) is 75.7 Å². The number of H-pyrrole nitrogens is 1. The fraction of sp³-hybridized carbons (Fsp3) is 0.150. The Balaban J connectivity index is 1.73. The van der Waals surface area contributed by atoms with Crippen molar-refractivity contribution >= 4 is 33.2 Å². The van der Waals surface area contributed by atoms with Gasteiger partial charge in [0.05, 0.1) is 11.4 Å². The Hall–Kier alpha value is -3.01. The van der Waals surface area contributed by atoms with Crippen LogP contribution in [0.25, 0.3) is 11.4 Å². The first-order valence-electron chi connectivity index (χ1n) is 8.85. The van der Waals surface area contributed by atoms with E-state index in [-0.39, 0.29) is 17.0 Å². The summed E-state index contributed by atoms with van der Waals surface area (Å²) in [5.74, 6) is -0.142. The Labute approximate surface area is 178 Å². The number of hydrogen-bond acceptors (Lipinski definition) is 5. The largest absolute Gasteiger partial charge is 0.325 e. The van der Waals surface area contributed by atoms with Crippen LogP contribution >= 0.6 is 11.6 Å². The standard InChI is InChI=1S/C20H19ClN4O4S/c1-13-10-18(26)24-20(22-13)14-4-3-5-16(11-14)23-19(27)12-25(2)30(28,29)17-8-6-15(21)7-9-17/h3-11H,12H2,1-2H3,(H,23,27)(H,22,24,26). The maximum Gasteiger partial charge on any atom is 0.251 e. The molecular weight excluding hydrogens is 428 g/mol. The van der Waals surface area contributed by atoms with Crippen LogP contribution in [-0.2, 0) is 14.8 Å². The van der Waals surface area contributed by atoms with Crippen LogP contribution in [0.15, 0.2) is 64.3 Å². The van der Waals surface area contributed by atoms with Crippen LogP contribution in [0.2, 0.25) is 5.02 Å². The van der Waals surface area contributed by atoms with Crippen LogP contribution < -0.4 is 10.9 Å². The number of hydrogen-bond donors (Lipinski definition) is 2. The highest BCUT2D eigenvalue weighted by molar-refractivity contribution is 7.89. The number of aromatic amines is 1. The molecule has 1 aromatic heterocycles. The molecule has 0 aliphatic heterocycles. The number of aryl methyl sites for hydroxylation is 1. The molecule has 0 fully saturated rings. The SMILES string of the molecule is Cc1cc(=O)[nH]c(-c2cccc(NC(=O)CN(C)S(=O)(=O)c3ccc(Cl)cc3)c2)n1. The lowest BCUT2D eigenvalue weighted by molar-refractivity contribution is -0.116. The zero-order valence-electron chi connectivity index (χ0n) is 16.2. The van der Waals surface area contributed by atoms with Gasteiger partial charge in [0, 0.05) is 35.1 Å². The van der Waals surface area contributed by atoms with E-state index in [0.29, 0.717) is 27.8 Å². The molecule has 0 bridgehead atoms. The lowest BCUT2D eigenvalue weighted by Gasteiger charge is -2.17. The number of rotatable bonds is 6. The lowest BCUT2D eigenvalue weighted by atomic mass is 10.2. The lowest BCUT2D eigenvalue weighted by Crippen LogP contribution is -2.34. The molecule has 156 valence electrons. The Morgan fingerprint density at radius 3 is 2.53 bits per heavy atom. The zero-order chi connectivity index (χ0) is 21.9. The minimum Gasteiger partial charge on any atom is -0.325 e. The summed E-state index contributed by atoms with van der Waals surface area (Å²) < 4.78 is 26.1. The summed E-state index contributed by atoms with van der Waals surface area (Å²) in [6, 6.07) is 13.8. The van der Waals surface area contributed by atoms with Gasteiger partial charge in [-0.3, -0.25) is 9.59 Å². The molecule has 0 aliphatic carbocycles. The summed E-state index contributed by atoms with van der Waals surface area (Å²) in [6.45, 7) is 1.33. The molecule has 10 heteroatoms. The number of amides is 1. The molecular formula is C20H19ClN4O4S. The van der Waals surface area contributed by atoms with Gasteiger partial charge in [-0.05, 0) is 43.3 Å². The first-order chi connectivity index (χ1) is 14.1. The van der Waals surface area contributed by atoms with Crippen molar-refractivity contribution in [2.75, 3.05) is 18.9 Å². The van der Waals surface area contributed by atoms with Crippen LogP contribution in [0.5, 0.6) is 0 Å². The molecule has 3 aromatic rings. The summed E-state index contributed by atoms with van der Waals surface area (Å²) in [5, 5.41) is 3.07. The molecule has 1 heterocycles. The van der Waals surface area contributed by atoms with E-state index in [1.54, 1.807) is 31.2 Å². The third-order valence-electron chi connectivity index (χ3n) is 4.18. The Morgan fingerprint density at radius 2 is 1.87 bits per heavy atom. The van der Waals surface area contributed by atoms with E-state index in [2.05, 4.69) is 15.3 Å². The molecule has 0 atom stereocenters. The van der Waals surface area contributed by atoms with Gasteiger partial charge in [-0.2, -0.15) is 4.31 Å². The summed E-state index contributed by atoms with van der Waals surface area (Å²) >= 11 is 5.79. The third-order valence-corrected chi connectivity index (χ3v) is 6.25. The maximum atomic E-state index is 12.6. The quantitative estimate of drug-likeness (QED) is 0.604. The highest BCUT2D eigenvalue weighted by atomic mass is 35.5. The van der Waals surface area contributed by atoms with E-state index in [1.165, 1.54) is 37.4 Å². The van der Waals surface area contributed by atoms with E-state index < -0.39 is 15.9 Å². The Bertz CT molecular complexity index is 1240. The first-order valence-corrected chi connectivity index (χ1v) is 10.7. The average molecular weight is 447 g/mol. The molecule has 2 aromatic carbocycles. The number of halogens is 1. The van der Waals surface area contributed by atoms with E-state index in [1.807, 2.05) is 0 Å². The molecule has 8 nitrogen and oxygen atoms in total. The maximum absolute atomic E-state index is 12.6. The number of aromatic nitrogens is 2. The van der Waals surface area contributed by atoms with Crippen molar-refractivity contribution in [2.24, 2.45) is 0 Å². The van der Waals surface area contributed by atoms with Gasteiger partial charge < -0.3 is 10.3 Å². The highest BCUT2D eigenvalue weighted by Crippen LogP contribution is 2.20. The van der Waals surface area contributed by atoms with E-state index >= 15 is 0 Å². The predicted molar refractivity (Wildman–Crippen MR) is 115 cm³/mol. The van der Waals surface area contributed by atoms with E-state index in [4.69, 9.17) is 11.6 Å². The Morgan fingerprint density at radius 1 is 1.17 bits per heavy atom. The summed E-state index contributed by atoms with van der Waals surface area (Å²) in [5.41, 5.74) is 1.34. The van der Waals surface area contributed by atoms with Crippen LogP contribution in [0.3, 0.4) is 0 Å². The molecule has 3 rings (SSSR count). The summed E-state index contributed by atoms with van der Waals surface area (Å²) in [4.78, 5) is 31.0. The number of likely N-dealkylation sites (N-methyl/N-ethyl adjacent to an activating group) is 1. The number of sulfonamides is 1. The molecule has 1 amide bonds. The normalized spacial score (nSPS) is 11.5. The molecule has 0 aliphatic rings. The topological polar surface area (TPSA) is 112 Å². The van der Waals surface area contributed by atoms with Gasteiger partial charge in [-0.15, -0.1) is 0 Å².